The molecule has 2 aliphatic rings. The van der Waals surface area contributed by atoms with Gasteiger partial charge in [-0.3, -0.25) is 4.79 Å². The Morgan fingerprint density at radius 2 is 1.70 bits per heavy atom. The molecule has 1 aliphatic heterocycles. The minimum absolute atomic E-state index is 0.0412. The molecule has 0 radical (unpaired) electrons. The zero-order valence-corrected chi connectivity index (χ0v) is 19.4. The van der Waals surface area contributed by atoms with Gasteiger partial charge in [0.15, 0.2) is 21.3 Å². The second kappa shape index (κ2) is 7.92. The van der Waals surface area contributed by atoms with Gasteiger partial charge in [-0.15, -0.1) is 0 Å². The van der Waals surface area contributed by atoms with Crippen molar-refractivity contribution >= 4 is 21.4 Å². The molecule has 0 unspecified atom stereocenters. The zero-order valence-electron chi connectivity index (χ0n) is 18.6. The van der Waals surface area contributed by atoms with Crippen LogP contribution in [0.2, 0.25) is 0 Å². The van der Waals surface area contributed by atoms with E-state index < -0.39 is 15.3 Å². The summed E-state index contributed by atoms with van der Waals surface area (Å²) in [5, 5.41) is 3.09. The predicted molar refractivity (Wildman–Crippen MR) is 126 cm³/mol. The lowest BCUT2D eigenvalue weighted by molar-refractivity contribution is -0.118. The number of nitrogens with one attached hydrogen (secondary N) is 1. The van der Waals surface area contributed by atoms with Crippen LogP contribution in [0.5, 0.6) is 11.5 Å². The van der Waals surface area contributed by atoms with Gasteiger partial charge in [0.25, 0.3) is 0 Å². The molecule has 33 heavy (non-hydrogen) atoms. The lowest BCUT2D eigenvalue weighted by Gasteiger charge is -2.17. The van der Waals surface area contributed by atoms with E-state index in [1.807, 2.05) is 55.5 Å². The SMILES string of the molecule is CCS(=O)(=O)c1ccc(-c2cc(NC(=O)C3(c4ccc5c(c4)OCO5)CC3)ccc2C)cc1. The van der Waals surface area contributed by atoms with Crippen molar-refractivity contribution in [1.82, 2.24) is 0 Å². The minimum atomic E-state index is -3.24. The quantitative estimate of drug-likeness (QED) is 0.565. The molecule has 0 saturated heterocycles. The van der Waals surface area contributed by atoms with Crippen molar-refractivity contribution in [2.45, 2.75) is 37.0 Å². The van der Waals surface area contributed by atoms with Gasteiger partial charge < -0.3 is 14.8 Å². The summed E-state index contributed by atoms with van der Waals surface area (Å²) in [7, 11) is -3.24. The topological polar surface area (TPSA) is 81.7 Å². The number of aryl methyl sites for hydroxylation is 1. The molecule has 1 N–H and O–H groups in total. The molecule has 3 aromatic rings. The zero-order chi connectivity index (χ0) is 23.2. The van der Waals surface area contributed by atoms with Crippen LogP contribution in [0, 0.1) is 6.92 Å². The molecular formula is C26H25NO5S. The van der Waals surface area contributed by atoms with Crippen molar-refractivity contribution in [3.05, 3.63) is 71.8 Å². The van der Waals surface area contributed by atoms with E-state index in [0.717, 1.165) is 35.1 Å². The van der Waals surface area contributed by atoms with Crippen LogP contribution < -0.4 is 14.8 Å². The van der Waals surface area contributed by atoms with E-state index in [1.165, 1.54) is 0 Å². The number of fused-ring (bicyclic) bond motifs is 1. The predicted octanol–water partition coefficient (Wildman–Crippen LogP) is 4.85. The van der Waals surface area contributed by atoms with Crippen LogP contribution in [0.15, 0.2) is 65.6 Å². The van der Waals surface area contributed by atoms with Gasteiger partial charge in [0.2, 0.25) is 12.7 Å². The Balaban J connectivity index is 1.39. The highest BCUT2D eigenvalue weighted by Gasteiger charge is 2.51. The van der Waals surface area contributed by atoms with E-state index in [0.29, 0.717) is 22.1 Å². The molecule has 1 fully saturated rings. The van der Waals surface area contributed by atoms with E-state index >= 15 is 0 Å². The maximum atomic E-state index is 13.3. The summed E-state index contributed by atoms with van der Waals surface area (Å²) in [5.41, 5.74) is 3.97. The second-order valence-electron chi connectivity index (χ2n) is 8.56. The first-order valence-electron chi connectivity index (χ1n) is 11.0. The van der Waals surface area contributed by atoms with Crippen LogP contribution in [0.4, 0.5) is 5.69 Å². The number of carbonyl (C=O) groups is 1. The van der Waals surface area contributed by atoms with E-state index in [1.54, 1.807) is 19.1 Å². The van der Waals surface area contributed by atoms with Crippen LogP contribution in [0.1, 0.15) is 30.9 Å². The average molecular weight is 464 g/mol. The molecule has 0 atom stereocenters. The Morgan fingerprint density at radius 1 is 0.970 bits per heavy atom. The van der Waals surface area contributed by atoms with Crippen LogP contribution in [-0.4, -0.2) is 26.9 Å². The summed E-state index contributed by atoms with van der Waals surface area (Å²) in [6.07, 6.45) is 1.56. The molecule has 0 aromatic heterocycles. The molecule has 1 saturated carbocycles. The number of anilines is 1. The molecule has 5 rings (SSSR count). The van der Waals surface area contributed by atoms with Crippen LogP contribution in [0.25, 0.3) is 11.1 Å². The van der Waals surface area contributed by atoms with E-state index in [9.17, 15) is 13.2 Å². The highest BCUT2D eigenvalue weighted by atomic mass is 32.2. The van der Waals surface area contributed by atoms with Gasteiger partial charge in [0, 0.05) is 5.69 Å². The largest absolute Gasteiger partial charge is 0.454 e. The molecule has 6 nitrogen and oxygen atoms in total. The van der Waals surface area contributed by atoms with Crippen LogP contribution >= 0.6 is 0 Å². The van der Waals surface area contributed by atoms with Crippen molar-refractivity contribution in [2.75, 3.05) is 17.9 Å². The van der Waals surface area contributed by atoms with Gasteiger partial charge in [-0.05, 0) is 78.4 Å². The third-order valence-corrected chi connectivity index (χ3v) is 8.26. The van der Waals surface area contributed by atoms with Crippen LogP contribution in [0.3, 0.4) is 0 Å². The summed E-state index contributed by atoms with van der Waals surface area (Å²) in [5.74, 6) is 1.41. The van der Waals surface area contributed by atoms with Crippen molar-refractivity contribution in [1.29, 1.82) is 0 Å². The lowest BCUT2D eigenvalue weighted by atomic mass is 9.94. The third kappa shape index (κ3) is 3.86. The third-order valence-electron chi connectivity index (χ3n) is 6.51. The van der Waals surface area contributed by atoms with Gasteiger partial charge in [-0.25, -0.2) is 8.42 Å². The highest BCUT2D eigenvalue weighted by molar-refractivity contribution is 7.91. The first-order valence-corrected chi connectivity index (χ1v) is 12.6. The van der Waals surface area contributed by atoms with Crippen molar-refractivity contribution in [3.8, 4) is 22.6 Å². The summed E-state index contributed by atoms with van der Waals surface area (Å²) in [6, 6.07) is 18.4. The fourth-order valence-corrected chi connectivity index (χ4v) is 5.12. The molecule has 7 heteroatoms. The Morgan fingerprint density at radius 3 is 2.39 bits per heavy atom. The summed E-state index contributed by atoms with van der Waals surface area (Å²) in [4.78, 5) is 13.6. The van der Waals surface area contributed by atoms with Crippen LogP contribution in [-0.2, 0) is 20.0 Å². The lowest BCUT2D eigenvalue weighted by Crippen LogP contribution is -2.27. The Kier molecular flexibility index (Phi) is 5.16. The first kappa shape index (κ1) is 21.5. The number of sulfone groups is 1. The summed E-state index contributed by atoms with van der Waals surface area (Å²) >= 11 is 0. The first-order chi connectivity index (χ1) is 15.8. The number of carbonyl (C=O) groups excluding carboxylic acids is 1. The molecular weight excluding hydrogens is 438 g/mol. The Hall–Kier alpha value is -3.32. The maximum absolute atomic E-state index is 13.3. The van der Waals surface area contributed by atoms with Crippen molar-refractivity contribution < 1.29 is 22.7 Å². The smallest absolute Gasteiger partial charge is 0.235 e. The number of ether oxygens (including phenoxy) is 2. The van der Waals surface area contributed by atoms with E-state index in [-0.39, 0.29) is 18.5 Å². The fourth-order valence-electron chi connectivity index (χ4n) is 4.24. The number of hydrogen-bond donors (Lipinski definition) is 1. The van der Waals surface area contributed by atoms with Gasteiger partial charge in [-0.2, -0.15) is 0 Å². The summed E-state index contributed by atoms with van der Waals surface area (Å²) in [6.45, 7) is 3.83. The van der Waals surface area contributed by atoms with Gasteiger partial charge >= 0.3 is 0 Å². The van der Waals surface area contributed by atoms with E-state index in [4.69, 9.17) is 9.47 Å². The average Bonchev–Trinajstić information content (AvgIpc) is 3.51. The molecule has 170 valence electrons. The Bertz CT molecular complexity index is 1340. The number of amides is 1. The molecule has 1 heterocycles. The molecule has 1 amide bonds. The number of hydrogen-bond acceptors (Lipinski definition) is 5. The second-order valence-corrected chi connectivity index (χ2v) is 10.8. The van der Waals surface area contributed by atoms with Gasteiger partial charge in [0.05, 0.1) is 16.1 Å². The normalized spacial score (nSPS) is 15.8. The molecule has 0 spiro atoms. The number of benzene rings is 3. The fraction of sp³-hybridized carbons (Fsp3) is 0.269. The molecule has 3 aromatic carbocycles. The van der Waals surface area contributed by atoms with E-state index in [2.05, 4.69) is 5.32 Å². The van der Waals surface area contributed by atoms with Gasteiger partial charge in [0.1, 0.15) is 0 Å². The molecule has 1 aliphatic carbocycles. The van der Waals surface area contributed by atoms with Gasteiger partial charge in [-0.1, -0.05) is 31.2 Å². The maximum Gasteiger partial charge on any atom is 0.235 e. The standard InChI is InChI=1S/C26H25NO5S/c1-3-33(29,30)21-9-5-18(6-10-21)22-15-20(8-4-17(22)2)27-25(28)26(12-13-26)19-7-11-23-24(14-19)32-16-31-23/h4-11,14-15H,3,12-13,16H2,1-2H3,(H,27,28). The Labute approximate surface area is 193 Å². The number of rotatable bonds is 6. The minimum Gasteiger partial charge on any atom is -0.454 e. The summed E-state index contributed by atoms with van der Waals surface area (Å²) < 4.78 is 35.1. The van der Waals surface area contributed by atoms with Crippen molar-refractivity contribution in [2.24, 2.45) is 0 Å². The monoisotopic (exact) mass is 463 g/mol. The highest BCUT2D eigenvalue weighted by Crippen LogP contribution is 2.51. The molecule has 0 bridgehead atoms. The van der Waals surface area contributed by atoms with Crippen molar-refractivity contribution in [3.63, 3.8) is 0 Å².